The molecule has 0 saturated carbocycles. The van der Waals surface area contributed by atoms with E-state index in [1.54, 1.807) is 18.5 Å². The second-order valence-corrected chi connectivity index (χ2v) is 7.99. The second kappa shape index (κ2) is 9.80. The third kappa shape index (κ3) is 6.00. The van der Waals surface area contributed by atoms with E-state index in [4.69, 9.17) is 17.2 Å². The van der Waals surface area contributed by atoms with Gasteiger partial charge in [-0.05, 0) is 55.2 Å². The molecule has 1 aliphatic heterocycles. The molecule has 0 amide bonds. The Bertz CT molecular complexity index is 757. The first-order chi connectivity index (χ1) is 13.1. The molecule has 2 aromatic rings. The average Bonchev–Trinajstić information content (AvgIpc) is 2.67. The van der Waals surface area contributed by atoms with Crippen molar-refractivity contribution in [2.24, 2.45) is 5.92 Å². The first-order valence-corrected chi connectivity index (χ1v) is 10.5. The zero-order valence-corrected chi connectivity index (χ0v) is 17.3. The number of thiocarbonyl (C=S) groups is 1. The van der Waals surface area contributed by atoms with Crippen LogP contribution in [0.2, 0.25) is 0 Å². The van der Waals surface area contributed by atoms with E-state index in [9.17, 15) is 0 Å². The summed E-state index contributed by atoms with van der Waals surface area (Å²) in [4.78, 5) is 20.2. The van der Waals surface area contributed by atoms with Crippen molar-refractivity contribution >= 4 is 40.9 Å². The molecule has 0 aliphatic carbocycles. The lowest BCUT2D eigenvalue weighted by Crippen LogP contribution is -2.35. The van der Waals surface area contributed by atoms with Gasteiger partial charge in [0, 0.05) is 38.1 Å². The van der Waals surface area contributed by atoms with E-state index in [1.165, 1.54) is 24.6 Å². The van der Waals surface area contributed by atoms with Gasteiger partial charge in [0.05, 0.1) is 0 Å². The van der Waals surface area contributed by atoms with Crippen LogP contribution in [0.3, 0.4) is 0 Å². The first kappa shape index (κ1) is 19.8. The van der Waals surface area contributed by atoms with E-state index in [0.717, 1.165) is 36.9 Å². The maximum atomic E-state index is 5.35. The quantitative estimate of drug-likeness (QED) is 0.429. The van der Waals surface area contributed by atoms with Gasteiger partial charge in [0.15, 0.2) is 10.3 Å². The normalized spacial score (nSPS) is 16.8. The summed E-state index contributed by atoms with van der Waals surface area (Å²) in [6.45, 7) is 7.20. The molecular weight excluding hydrogens is 378 g/mol. The SMILES string of the molecule is CCCNC(=S)Nc1nc(Sc2ncccn2)cc(N2CCC[C@@H](C)C2)n1. The van der Waals surface area contributed by atoms with E-state index in [0.29, 0.717) is 22.1 Å². The maximum Gasteiger partial charge on any atom is 0.232 e. The Kier molecular flexibility index (Phi) is 7.17. The number of rotatable bonds is 6. The molecule has 7 nitrogen and oxygen atoms in total. The van der Waals surface area contributed by atoms with Crippen molar-refractivity contribution in [2.75, 3.05) is 29.9 Å². The maximum absolute atomic E-state index is 5.35. The predicted octanol–water partition coefficient (Wildman–Crippen LogP) is 3.35. The third-order valence-corrected chi connectivity index (χ3v) is 5.23. The topological polar surface area (TPSA) is 78.9 Å². The molecule has 9 heteroatoms. The number of aromatic nitrogens is 4. The number of nitrogens with zero attached hydrogens (tertiary/aromatic N) is 5. The zero-order chi connectivity index (χ0) is 19.1. The van der Waals surface area contributed by atoms with Gasteiger partial charge in [-0.3, -0.25) is 0 Å². The van der Waals surface area contributed by atoms with E-state index in [-0.39, 0.29) is 0 Å². The van der Waals surface area contributed by atoms with Gasteiger partial charge in [-0.1, -0.05) is 13.8 Å². The number of hydrogen-bond acceptors (Lipinski definition) is 7. The van der Waals surface area contributed by atoms with Gasteiger partial charge >= 0.3 is 0 Å². The molecule has 0 spiro atoms. The smallest absolute Gasteiger partial charge is 0.232 e. The van der Waals surface area contributed by atoms with Crippen molar-refractivity contribution < 1.29 is 0 Å². The zero-order valence-electron chi connectivity index (χ0n) is 15.7. The lowest BCUT2D eigenvalue weighted by atomic mass is 10.0. The number of hydrogen-bond donors (Lipinski definition) is 2. The summed E-state index contributed by atoms with van der Waals surface area (Å²) in [5.41, 5.74) is 0. The van der Waals surface area contributed by atoms with Crippen LogP contribution in [0.4, 0.5) is 11.8 Å². The fraction of sp³-hybridized carbons (Fsp3) is 0.500. The fourth-order valence-electron chi connectivity index (χ4n) is 2.90. The molecule has 1 atom stereocenters. The molecule has 2 N–H and O–H groups in total. The summed E-state index contributed by atoms with van der Waals surface area (Å²) in [6.07, 6.45) is 6.89. The molecule has 0 aromatic carbocycles. The van der Waals surface area contributed by atoms with Crippen LogP contribution < -0.4 is 15.5 Å². The molecule has 1 aliphatic rings. The summed E-state index contributed by atoms with van der Waals surface area (Å²) in [5, 5.41) is 8.25. The second-order valence-electron chi connectivity index (χ2n) is 6.60. The van der Waals surface area contributed by atoms with Crippen LogP contribution in [0.15, 0.2) is 34.7 Å². The van der Waals surface area contributed by atoms with Crippen molar-refractivity contribution in [3.63, 3.8) is 0 Å². The molecule has 27 heavy (non-hydrogen) atoms. The molecule has 0 radical (unpaired) electrons. The van der Waals surface area contributed by atoms with Crippen LogP contribution in [0.1, 0.15) is 33.1 Å². The summed E-state index contributed by atoms with van der Waals surface area (Å²) >= 11 is 6.77. The van der Waals surface area contributed by atoms with Crippen LogP contribution in [-0.4, -0.2) is 44.7 Å². The van der Waals surface area contributed by atoms with Gasteiger partial charge in [0.25, 0.3) is 0 Å². The highest BCUT2D eigenvalue weighted by Gasteiger charge is 2.19. The number of piperidine rings is 1. The Morgan fingerprint density at radius 3 is 2.89 bits per heavy atom. The summed E-state index contributed by atoms with van der Waals surface area (Å²) in [5.74, 6) is 2.07. The highest BCUT2D eigenvalue weighted by atomic mass is 32.2. The monoisotopic (exact) mass is 403 g/mol. The van der Waals surface area contributed by atoms with Crippen LogP contribution in [0, 0.1) is 5.92 Å². The predicted molar refractivity (Wildman–Crippen MR) is 113 cm³/mol. The van der Waals surface area contributed by atoms with Crippen LogP contribution >= 0.6 is 24.0 Å². The molecule has 3 rings (SSSR count). The lowest BCUT2D eigenvalue weighted by Gasteiger charge is -2.32. The largest absolute Gasteiger partial charge is 0.362 e. The molecule has 1 fully saturated rings. The molecule has 3 heterocycles. The molecule has 0 bridgehead atoms. The third-order valence-electron chi connectivity index (χ3n) is 4.17. The Morgan fingerprint density at radius 1 is 1.33 bits per heavy atom. The fourth-order valence-corrected chi connectivity index (χ4v) is 3.80. The van der Waals surface area contributed by atoms with Crippen LogP contribution in [-0.2, 0) is 0 Å². The number of anilines is 2. The van der Waals surface area contributed by atoms with Gasteiger partial charge in [0.2, 0.25) is 5.95 Å². The van der Waals surface area contributed by atoms with Crippen molar-refractivity contribution in [2.45, 2.75) is 43.3 Å². The molecule has 0 unspecified atom stereocenters. The van der Waals surface area contributed by atoms with Crippen molar-refractivity contribution in [3.05, 3.63) is 24.5 Å². The Morgan fingerprint density at radius 2 is 2.15 bits per heavy atom. The van der Waals surface area contributed by atoms with Crippen molar-refractivity contribution in [3.8, 4) is 0 Å². The molecule has 2 aromatic heterocycles. The standard InChI is InChI=1S/C18H25N7S2/c1-3-7-19-17(26)24-16-22-14(25-10-4-6-13(2)12-25)11-15(23-16)27-18-20-8-5-9-21-18/h5,8-9,11,13H,3-4,6-7,10,12H2,1-2H3,(H2,19,22,23,24,26)/t13-/m1/s1. The highest BCUT2D eigenvalue weighted by Crippen LogP contribution is 2.28. The molecule has 144 valence electrons. The van der Waals surface area contributed by atoms with Gasteiger partial charge in [0.1, 0.15) is 10.8 Å². The van der Waals surface area contributed by atoms with Gasteiger partial charge in [-0.15, -0.1) is 0 Å². The van der Waals surface area contributed by atoms with E-state index in [2.05, 4.69) is 44.3 Å². The minimum atomic E-state index is 0.498. The van der Waals surface area contributed by atoms with Gasteiger partial charge in [-0.2, -0.15) is 4.98 Å². The highest BCUT2D eigenvalue weighted by molar-refractivity contribution is 7.99. The summed E-state index contributed by atoms with van der Waals surface area (Å²) < 4.78 is 0. The van der Waals surface area contributed by atoms with Gasteiger partial charge in [-0.25, -0.2) is 15.0 Å². The first-order valence-electron chi connectivity index (χ1n) is 9.27. The Hall–Kier alpha value is -2.00. The minimum Gasteiger partial charge on any atom is -0.362 e. The van der Waals surface area contributed by atoms with Crippen molar-refractivity contribution in [1.29, 1.82) is 0 Å². The van der Waals surface area contributed by atoms with E-state index in [1.807, 2.05) is 6.07 Å². The van der Waals surface area contributed by atoms with Crippen LogP contribution in [0.5, 0.6) is 0 Å². The van der Waals surface area contributed by atoms with E-state index < -0.39 is 0 Å². The minimum absolute atomic E-state index is 0.498. The Balaban J connectivity index is 1.83. The lowest BCUT2D eigenvalue weighted by molar-refractivity contribution is 0.444. The molecular formula is C18H25N7S2. The number of nitrogens with one attached hydrogen (secondary N) is 2. The summed E-state index contributed by atoms with van der Waals surface area (Å²) in [6, 6.07) is 3.81. The van der Waals surface area contributed by atoms with Crippen LogP contribution in [0.25, 0.3) is 0 Å². The van der Waals surface area contributed by atoms with E-state index >= 15 is 0 Å². The Labute approximate surface area is 169 Å². The summed E-state index contributed by atoms with van der Waals surface area (Å²) in [7, 11) is 0. The molecule has 1 saturated heterocycles. The van der Waals surface area contributed by atoms with Crippen molar-refractivity contribution in [1.82, 2.24) is 25.3 Å². The average molecular weight is 404 g/mol. The van der Waals surface area contributed by atoms with Gasteiger partial charge < -0.3 is 15.5 Å².